The highest BCUT2D eigenvalue weighted by atomic mass is 127. The molecule has 0 saturated heterocycles. The molecule has 6 nitrogen and oxygen atoms in total. The van der Waals surface area contributed by atoms with Crippen molar-refractivity contribution in [3.8, 4) is 5.75 Å². The Morgan fingerprint density at radius 2 is 1.56 bits per heavy atom. The first-order valence-corrected chi connectivity index (χ1v) is 9.71. The summed E-state index contributed by atoms with van der Waals surface area (Å²) in [5, 5.41) is 8.87. The molecule has 2 aromatic carbocycles. The van der Waals surface area contributed by atoms with Gasteiger partial charge in [0.2, 0.25) is 0 Å². The fourth-order valence-corrected chi connectivity index (χ4v) is 4.07. The van der Waals surface area contributed by atoms with Gasteiger partial charge in [-0.25, -0.2) is 14.4 Å². The van der Waals surface area contributed by atoms with Gasteiger partial charge in [0, 0.05) is 5.57 Å². The Hall–Kier alpha value is -1.95. The molecule has 27 heavy (non-hydrogen) atoms. The molecule has 0 radical (unpaired) electrons. The molecule has 0 amide bonds. The normalized spacial score (nSPS) is 10.2. The molecule has 0 atom stereocenters. The van der Waals surface area contributed by atoms with Gasteiger partial charge in [0.1, 0.15) is 6.61 Å². The molecule has 0 bridgehead atoms. The van der Waals surface area contributed by atoms with Crippen LogP contribution in [0, 0.1) is 7.14 Å². The maximum absolute atomic E-state index is 12.1. The monoisotopic (exact) mass is 592 g/mol. The van der Waals surface area contributed by atoms with Crippen LogP contribution >= 0.6 is 45.2 Å². The lowest BCUT2D eigenvalue weighted by molar-refractivity contribution is -0.130. The molecule has 0 spiro atoms. The highest BCUT2D eigenvalue weighted by molar-refractivity contribution is 14.1. The van der Waals surface area contributed by atoms with Crippen LogP contribution in [0.1, 0.15) is 33.2 Å². The number of carboxylic acid groups (broad SMARTS) is 1. The predicted molar refractivity (Wildman–Crippen MR) is 115 cm³/mol. The summed E-state index contributed by atoms with van der Waals surface area (Å²) in [5.74, 6) is -1.69. The lowest BCUT2D eigenvalue weighted by Gasteiger charge is -2.11. The number of rotatable bonds is 6. The molecule has 0 aliphatic heterocycles. The molecular weight excluding hydrogens is 578 g/mol. The van der Waals surface area contributed by atoms with E-state index in [-0.39, 0.29) is 17.7 Å². The lowest BCUT2D eigenvalue weighted by atomic mass is 10.1. The standard InChI is InChI=1S/C19H14I2O6/c1-10(2)18(24)27-16-14(20)7-11(8-15(16)21)9-26-19(25)13-5-3-12(4-6-13)17(22)23/h3-8H,1,9H2,2H3,(H,22,23). The highest BCUT2D eigenvalue weighted by Crippen LogP contribution is 2.30. The molecule has 0 aliphatic carbocycles. The topological polar surface area (TPSA) is 89.9 Å². The van der Waals surface area contributed by atoms with Gasteiger partial charge < -0.3 is 14.6 Å². The second-order valence-corrected chi connectivity index (χ2v) is 7.84. The molecule has 140 valence electrons. The molecule has 2 rings (SSSR count). The smallest absolute Gasteiger partial charge is 0.338 e. The Morgan fingerprint density at radius 3 is 2.04 bits per heavy atom. The van der Waals surface area contributed by atoms with Crippen LogP contribution in [0.5, 0.6) is 5.75 Å². The van der Waals surface area contributed by atoms with Crippen molar-refractivity contribution in [2.24, 2.45) is 0 Å². The van der Waals surface area contributed by atoms with E-state index in [0.29, 0.717) is 18.5 Å². The second-order valence-electron chi connectivity index (χ2n) is 5.52. The maximum Gasteiger partial charge on any atom is 0.338 e. The highest BCUT2D eigenvalue weighted by Gasteiger charge is 2.15. The van der Waals surface area contributed by atoms with Crippen molar-refractivity contribution >= 4 is 63.1 Å². The predicted octanol–water partition coefficient (Wildman–Crippen LogP) is 4.43. The molecule has 0 aromatic heterocycles. The van der Waals surface area contributed by atoms with E-state index in [2.05, 4.69) is 6.58 Å². The van der Waals surface area contributed by atoms with Gasteiger partial charge in [-0.3, -0.25) is 0 Å². The molecule has 2 aromatic rings. The average molecular weight is 592 g/mol. The molecule has 0 aliphatic rings. The van der Waals surface area contributed by atoms with E-state index >= 15 is 0 Å². The number of aromatic carboxylic acids is 1. The van der Waals surface area contributed by atoms with Crippen molar-refractivity contribution in [1.29, 1.82) is 0 Å². The van der Waals surface area contributed by atoms with E-state index in [1.54, 1.807) is 19.1 Å². The van der Waals surface area contributed by atoms with Crippen molar-refractivity contribution in [1.82, 2.24) is 0 Å². The Labute approximate surface area is 182 Å². The molecule has 0 heterocycles. The van der Waals surface area contributed by atoms with Crippen LogP contribution in [-0.4, -0.2) is 23.0 Å². The van der Waals surface area contributed by atoms with Gasteiger partial charge in [-0.1, -0.05) is 6.58 Å². The number of ether oxygens (including phenoxy) is 2. The zero-order chi connectivity index (χ0) is 20.1. The summed E-state index contributed by atoms with van der Waals surface area (Å²) in [6.45, 7) is 5.15. The molecule has 0 unspecified atom stereocenters. The minimum atomic E-state index is -1.06. The maximum atomic E-state index is 12.1. The summed E-state index contributed by atoms with van der Waals surface area (Å²) < 4.78 is 12.0. The summed E-state index contributed by atoms with van der Waals surface area (Å²) in [5.41, 5.74) is 1.38. The van der Waals surface area contributed by atoms with Crippen LogP contribution in [-0.2, 0) is 16.1 Å². The van der Waals surface area contributed by atoms with Gasteiger partial charge in [-0.05, 0) is 94.1 Å². The Bertz CT molecular complexity index is 895. The van der Waals surface area contributed by atoms with E-state index in [1.165, 1.54) is 24.3 Å². The molecule has 8 heteroatoms. The fourth-order valence-electron chi connectivity index (χ4n) is 1.95. The lowest BCUT2D eigenvalue weighted by Crippen LogP contribution is -2.11. The summed E-state index contributed by atoms with van der Waals surface area (Å²) in [4.78, 5) is 34.6. The van der Waals surface area contributed by atoms with Gasteiger partial charge in [0.05, 0.1) is 18.3 Å². The Kier molecular flexibility index (Phi) is 7.36. The third-order valence-corrected chi connectivity index (χ3v) is 4.94. The van der Waals surface area contributed by atoms with E-state index < -0.39 is 17.9 Å². The van der Waals surface area contributed by atoms with Crippen LogP contribution in [0.15, 0.2) is 48.6 Å². The molecule has 0 fully saturated rings. The van der Waals surface area contributed by atoms with Crippen molar-refractivity contribution in [2.45, 2.75) is 13.5 Å². The quantitative estimate of drug-likeness (QED) is 0.231. The van der Waals surface area contributed by atoms with Crippen molar-refractivity contribution < 1.29 is 29.0 Å². The van der Waals surface area contributed by atoms with E-state index in [4.69, 9.17) is 14.6 Å². The molecule has 1 N–H and O–H groups in total. The second kappa shape index (κ2) is 9.31. The van der Waals surface area contributed by atoms with Crippen molar-refractivity contribution in [3.63, 3.8) is 0 Å². The van der Waals surface area contributed by atoms with Gasteiger partial charge in [-0.2, -0.15) is 0 Å². The first-order chi connectivity index (χ1) is 12.7. The zero-order valence-electron chi connectivity index (χ0n) is 14.1. The minimum Gasteiger partial charge on any atom is -0.478 e. The number of carbonyl (C=O) groups is 3. The number of hydrogen-bond donors (Lipinski definition) is 1. The number of carboxylic acids is 1. The Balaban J connectivity index is 2.07. The largest absolute Gasteiger partial charge is 0.478 e. The van der Waals surface area contributed by atoms with E-state index in [0.717, 1.165) is 5.56 Å². The van der Waals surface area contributed by atoms with Crippen molar-refractivity contribution in [3.05, 3.63) is 72.4 Å². The van der Waals surface area contributed by atoms with Crippen LogP contribution in [0.4, 0.5) is 0 Å². The summed E-state index contributed by atoms with van der Waals surface area (Å²) in [6, 6.07) is 9.00. The van der Waals surface area contributed by atoms with Crippen molar-refractivity contribution in [2.75, 3.05) is 0 Å². The van der Waals surface area contributed by atoms with Gasteiger partial charge in [0.25, 0.3) is 0 Å². The molecular formula is C19H14I2O6. The molecule has 0 saturated carbocycles. The summed E-state index contributed by atoms with van der Waals surface area (Å²) in [7, 11) is 0. The number of esters is 2. The number of halogens is 2. The number of carbonyl (C=O) groups excluding carboxylic acids is 2. The van der Waals surface area contributed by atoms with E-state index in [9.17, 15) is 14.4 Å². The fraction of sp³-hybridized carbons (Fsp3) is 0.105. The van der Waals surface area contributed by atoms with Crippen LogP contribution in [0.2, 0.25) is 0 Å². The van der Waals surface area contributed by atoms with Gasteiger partial charge in [0.15, 0.2) is 5.75 Å². The first-order valence-electron chi connectivity index (χ1n) is 7.55. The first kappa shape index (κ1) is 21.4. The van der Waals surface area contributed by atoms with Gasteiger partial charge in [-0.15, -0.1) is 0 Å². The van der Waals surface area contributed by atoms with Crippen LogP contribution < -0.4 is 4.74 Å². The van der Waals surface area contributed by atoms with Crippen LogP contribution in [0.25, 0.3) is 0 Å². The number of benzene rings is 2. The summed E-state index contributed by atoms with van der Waals surface area (Å²) >= 11 is 4.08. The average Bonchev–Trinajstić information content (AvgIpc) is 2.62. The third kappa shape index (κ3) is 5.76. The van der Waals surface area contributed by atoms with Gasteiger partial charge >= 0.3 is 17.9 Å². The Morgan fingerprint density at radius 1 is 1.04 bits per heavy atom. The number of hydrogen-bond acceptors (Lipinski definition) is 5. The zero-order valence-corrected chi connectivity index (χ0v) is 18.4. The van der Waals surface area contributed by atoms with Crippen LogP contribution in [0.3, 0.4) is 0 Å². The summed E-state index contributed by atoms with van der Waals surface area (Å²) in [6.07, 6.45) is 0. The third-order valence-electron chi connectivity index (χ3n) is 3.34. The minimum absolute atomic E-state index is 0.0280. The van der Waals surface area contributed by atoms with E-state index in [1.807, 2.05) is 45.2 Å². The SMILES string of the molecule is C=C(C)C(=O)Oc1c(I)cc(COC(=O)c2ccc(C(=O)O)cc2)cc1I.